The van der Waals surface area contributed by atoms with Crippen LogP contribution in [-0.4, -0.2) is 36.9 Å². The van der Waals surface area contributed by atoms with Crippen LogP contribution in [0, 0.1) is 0 Å². The van der Waals surface area contributed by atoms with Crippen LogP contribution in [0.5, 0.6) is 11.5 Å². The van der Waals surface area contributed by atoms with Crippen molar-refractivity contribution >= 4 is 15.7 Å². The number of nitrogens with one attached hydrogen (secondary N) is 2. The van der Waals surface area contributed by atoms with Crippen molar-refractivity contribution in [3.8, 4) is 11.5 Å². The monoisotopic (exact) mass is 311 g/mol. The molecule has 0 radical (unpaired) electrons. The van der Waals surface area contributed by atoms with E-state index in [2.05, 4.69) is 14.9 Å². The number of aromatic amines is 1. The van der Waals surface area contributed by atoms with Gasteiger partial charge in [-0.2, -0.15) is 13.5 Å². The first kappa shape index (κ1) is 13.7. The molecular weight excluding hydrogens is 298 g/mol. The molecule has 9 heteroatoms. The fourth-order valence-electron chi connectivity index (χ4n) is 1.96. The number of anilines is 1. The summed E-state index contributed by atoms with van der Waals surface area (Å²) in [5, 5.41) is 14.9. The maximum Gasteiger partial charge on any atom is 0.279 e. The highest BCUT2D eigenvalue weighted by molar-refractivity contribution is 7.92. The van der Waals surface area contributed by atoms with Gasteiger partial charge in [0.15, 0.2) is 16.5 Å². The van der Waals surface area contributed by atoms with Crippen LogP contribution < -0.4 is 14.2 Å². The van der Waals surface area contributed by atoms with Crippen molar-refractivity contribution in [1.29, 1.82) is 0 Å². The molecule has 8 nitrogen and oxygen atoms in total. The van der Waals surface area contributed by atoms with Gasteiger partial charge in [0.25, 0.3) is 10.0 Å². The molecule has 0 bridgehead atoms. The molecule has 1 aromatic carbocycles. The van der Waals surface area contributed by atoms with E-state index in [9.17, 15) is 8.42 Å². The number of hydrogen-bond donors (Lipinski definition) is 3. The molecule has 1 aromatic heterocycles. The average molecular weight is 311 g/mol. The van der Waals surface area contributed by atoms with E-state index in [0.717, 1.165) is 0 Å². The predicted octanol–water partition coefficient (Wildman–Crippen LogP) is 0.474. The van der Waals surface area contributed by atoms with Crippen molar-refractivity contribution in [2.75, 3.05) is 17.9 Å². The molecule has 2 heterocycles. The van der Waals surface area contributed by atoms with E-state index in [0.29, 0.717) is 30.4 Å². The summed E-state index contributed by atoms with van der Waals surface area (Å²) in [6, 6.07) is 4.74. The maximum absolute atomic E-state index is 12.2. The molecule has 3 N–H and O–H groups in total. The van der Waals surface area contributed by atoms with Crippen molar-refractivity contribution < 1.29 is 23.0 Å². The largest absolute Gasteiger partial charge is 0.486 e. The van der Waals surface area contributed by atoms with E-state index in [-0.39, 0.29) is 10.6 Å². The fraction of sp³-hybridized carbons (Fsp3) is 0.250. The third kappa shape index (κ3) is 2.65. The smallest absolute Gasteiger partial charge is 0.279 e. The van der Waals surface area contributed by atoms with Gasteiger partial charge in [-0.1, -0.05) is 0 Å². The van der Waals surface area contributed by atoms with Crippen molar-refractivity contribution in [2.24, 2.45) is 0 Å². The number of sulfonamides is 1. The minimum atomic E-state index is -3.86. The molecular formula is C12H13N3O5S. The Morgan fingerprint density at radius 3 is 2.81 bits per heavy atom. The first-order valence-corrected chi connectivity index (χ1v) is 7.64. The molecule has 0 saturated heterocycles. The number of fused-ring (bicyclic) bond motifs is 1. The molecule has 0 atom stereocenters. The van der Waals surface area contributed by atoms with Gasteiger partial charge in [-0.05, 0) is 12.1 Å². The lowest BCUT2D eigenvalue weighted by Gasteiger charge is -2.19. The normalized spacial score (nSPS) is 14.0. The first-order chi connectivity index (χ1) is 10.1. The number of aliphatic hydroxyl groups excluding tert-OH is 1. The summed E-state index contributed by atoms with van der Waals surface area (Å²) in [7, 11) is -3.86. The molecule has 1 aliphatic heterocycles. The van der Waals surface area contributed by atoms with Crippen LogP contribution in [0.25, 0.3) is 0 Å². The minimum Gasteiger partial charge on any atom is -0.486 e. The van der Waals surface area contributed by atoms with E-state index in [1.807, 2.05) is 0 Å². The van der Waals surface area contributed by atoms with Gasteiger partial charge in [-0.3, -0.25) is 9.82 Å². The number of nitrogens with zero attached hydrogens (tertiary/aromatic N) is 1. The first-order valence-electron chi connectivity index (χ1n) is 6.16. The molecule has 1 aliphatic rings. The van der Waals surface area contributed by atoms with Crippen molar-refractivity contribution in [3.63, 3.8) is 0 Å². The van der Waals surface area contributed by atoms with Gasteiger partial charge in [-0.15, -0.1) is 0 Å². The Labute approximate surface area is 120 Å². The Morgan fingerprint density at radius 1 is 1.29 bits per heavy atom. The lowest BCUT2D eigenvalue weighted by atomic mass is 10.3. The Bertz CT molecular complexity index is 756. The van der Waals surface area contributed by atoms with Gasteiger partial charge in [0.2, 0.25) is 0 Å². The summed E-state index contributed by atoms with van der Waals surface area (Å²) in [6.45, 7) is 0.457. The second-order valence-corrected chi connectivity index (χ2v) is 5.97. The van der Waals surface area contributed by atoms with E-state index < -0.39 is 16.6 Å². The highest BCUT2D eigenvalue weighted by atomic mass is 32.2. The highest BCUT2D eigenvalue weighted by Gasteiger charge is 2.21. The van der Waals surface area contributed by atoms with Crippen LogP contribution in [0.3, 0.4) is 0 Å². The molecule has 2 aromatic rings. The quantitative estimate of drug-likeness (QED) is 0.756. The molecule has 21 heavy (non-hydrogen) atoms. The summed E-state index contributed by atoms with van der Waals surface area (Å²) in [5.74, 6) is 1.05. The number of aliphatic hydroxyl groups is 1. The van der Waals surface area contributed by atoms with Crippen LogP contribution in [0.15, 0.2) is 29.4 Å². The molecule has 0 amide bonds. The molecule has 0 fully saturated rings. The Balaban J connectivity index is 1.89. The van der Waals surface area contributed by atoms with Crippen molar-refractivity contribution in [1.82, 2.24) is 10.2 Å². The lowest BCUT2D eigenvalue weighted by Crippen LogP contribution is -2.17. The topological polar surface area (TPSA) is 114 Å². The van der Waals surface area contributed by atoms with Gasteiger partial charge < -0.3 is 14.6 Å². The van der Waals surface area contributed by atoms with Crippen LogP contribution in [0.1, 0.15) is 5.56 Å². The Hall–Kier alpha value is -2.26. The zero-order valence-corrected chi connectivity index (χ0v) is 11.7. The van der Waals surface area contributed by atoms with E-state index >= 15 is 0 Å². The number of hydrogen-bond acceptors (Lipinski definition) is 6. The maximum atomic E-state index is 12.2. The highest BCUT2D eigenvalue weighted by Crippen LogP contribution is 2.33. The van der Waals surface area contributed by atoms with Gasteiger partial charge in [0.05, 0.1) is 18.5 Å². The molecule has 0 saturated carbocycles. The van der Waals surface area contributed by atoms with E-state index in [1.165, 1.54) is 6.20 Å². The molecule has 0 spiro atoms. The van der Waals surface area contributed by atoms with E-state index in [1.54, 1.807) is 18.2 Å². The zero-order valence-electron chi connectivity index (χ0n) is 10.9. The summed E-state index contributed by atoms with van der Waals surface area (Å²) in [5.41, 5.74) is 0.526. The Morgan fingerprint density at radius 2 is 2.05 bits per heavy atom. The SMILES string of the molecule is O=S(=O)(Nc1ccc2c(c1)OCCO2)c1[nH]ncc1CO. The van der Waals surface area contributed by atoms with Crippen LogP contribution in [0.4, 0.5) is 5.69 Å². The molecule has 0 aliphatic carbocycles. The number of H-pyrrole nitrogens is 1. The Kier molecular flexibility index (Phi) is 3.43. The number of rotatable bonds is 4. The second kappa shape index (κ2) is 5.26. The zero-order chi connectivity index (χ0) is 14.9. The van der Waals surface area contributed by atoms with Gasteiger partial charge >= 0.3 is 0 Å². The summed E-state index contributed by atoms with van der Waals surface area (Å²) >= 11 is 0. The summed E-state index contributed by atoms with van der Waals surface area (Å²) < 4.78 is 37.6. The minimum absolute atomic E-state index is 0.167. The van der Waals surface area contributed by atoms with Crippen LogP contribution in [0.2, 0.25) is 0 Å². The summed E-state index contributed by atoms with van der Waals surface area (Å²) in [6.07, 6.45) is 1.26. The molecule has 112 valence electrons. The van der Waals surface area contributed by atoms with E-state index in [4.69, 9.17) is 14.6 Å². The van der Waals surface area contributed by atoms with Gasteiger partial charge in [0, 0.05) is 11.6 Å². The number of benzene rings is 1. The third-order valence-electron chi connectivity index (χ3n) is 2.91. The third-order valence-corrected chi connectivity index (χ3v) is 4.31. The molecule has 0 unspecified atom stereocenters. The molecule has 3 rings (SSSR count). The number of aromatic nitrogens is 2. The summed E-state index contributed by atoms with van der Waals surface area (Å²) in [4.78, 5) is 0. The predicted molar refractivity (Wildman–Crippen MR) is 72.8 cm³/mol. The lowest BCUT2D eigenvalue weighted by molar-refractivity contribution is 0.171. The van der Waals surface area contributed by atoms with Crippen LogP contribution in [-0.2, 0) is 16.6 Å². The van der Waals surface area contributed by atoms with Crippen molar-refractivity contribution in [3.05, 3.63) is 30.0 Å². The van der Waals surface area contributed by atoms with Gasteiger partial charge in [0.1, 0.15) is 13.2 Å². The number of ether oxygens (including phenoxy) is 2. The standard InChI is InChI=1S/C12H13N3O5S/c16-7-8-6-13-14-12(8)21(17,18)15-9-1-2-10-11(5-9)20-4-3-19-10/h1-2,5-6,15-16H,3-4,7H2,(H,13,14). The van der Waals surface area contributed by atoms with Crippen LogP contribution >= 0.6 is 0 Å². The average Bonchev–Trinajstić information content (AvgIpc) is 2.96. The van der Waals surface area contributed by atoms with Gasteiger partial charge in [-0.25, -0.2) is 0 Å². The fourth-order valence-corrected chi connectivity index (χ4v) is 3.13. The van der Waals surface area contributed by atoms with Crippen molar-refractivity contribution in [2.45, 2.75) is 11.6 Å². The second-order valence-electron chi connectivity index (χ2n) is 4.35.